The fraction of sp³-hybridized carbons (Fsp3) is 0.173. The van der Waals surface area contributed by atoms with Gasteiger partial charge in [0.15, 0.2) is 0 Å². The quantitative estimate of drug-likeness (QED) is 0.00501. The normalized spacial score (nSPS) is 10.0. The van der Waals surface area contributed by atoms with Gasteiger partial charge >= 0.3 is 37.0 Å². The molecule has 11 aromatic carbocycles. The molecule has 22 nitrogen and oxygen atoms in total. The number of hydrogen-bond donors (Lipinski definition) is 8. The predicted molar refractivity (Wildman–Crippen MR) is 535 cm³/mol. The van der Waals surface area contributed by atoms with E-state index >= 15 is 0 Å². The van der Waals surface area contributed by atoms with Gasteiger partial charge in [-0.3, -0.25) is 0 Å². The molecular weight excluding hydrogens is 2260 g/mol. The average Bonchev–Trinajstić information content (AvgIpc) is 0.724. The van der Waals surface area contributed by atoms with Gasteiger partial charge in [0, 0.05) is 159 Å². The third-order valence-corrected chi connectivity index (χ3v) is 20.5. The number of carbonyl (C=O) groups excluding carboxylic acids is 4. The molecule has 0 aliphatic carbocycles. The monoisotopic (exact) mass is 2350 g/mol. The zero-order valence-electron chi connectivity index (χ0n) is 73.4. The van der Waals surface area contributed by atoms with Crippen molar-refractivity contribution >= 4 is 158 Å². The Kier molecular flexibility index (Phi) is 52.7. The minimum Gasteiger partial charge on any atom is -0.508 e. The van der Waals surface area contributed by atoms with E-state index in [0.29, 0.717) is 80.3 Å². The third kappa shape index (κ3) is 39.9. The predicted octanol–water partition coefficient (Wildman–Crippen LogP) is 23.0. The number of aromatic hydroxyl groups is 4. The molecule has 0 unspecified atom stereocenters. The van der Waals surface area contributed by atoms with Gasteiger partial charge in [0.2, 0.25) is 0 Å². The Morgan fingerprint density at radius 3 is 0.955 bits per heavy atom. The number of aliphatic hydroxyl groups excluding tert-OH is 1. The van der Waals surface area contributed by atoms with Gasteiger partial charge in [-0.05, 0) is 263 Å². The number of phenolic OH excluding ortho intramolecular Hbond substituents is 4. The van der Waals surface area contributed by atoms with Crippen molar-refractivity contribution in [3.8, 4) is 90.5 Å². The number of hydrogen-bond acceptors (Lipinski definition) is 21. The van der Waals surface area contributed by atoms with Crippen LogP contribution in [0.1, 0.15) is 68.0 Å². The number of ether oxygens (including phenoxy) is 9. The maximum Gasteiger partial charge on any atom is 0.491 e. The van der Waals surface area contributed by atoms with Crippen LogP contribution in [0.2, 0.25) is 0 Å². The Hall–Kier alpha value is -10.3. The minimum atomic E-state index is -1.84. The van der Waals surface area contributed by atoms with Crippen LogP contribution < -0.4 is 24.4 Å². The van der Waals surface area contributed by atoms with Gasteiger partial charge in [-0.15, -0.1) is 0 Å². The number of carbonyl (C=O) groups is 5. The Morgan fingerprint density at radius 2 is 0.629 bits per heavy atom. The highest BCUT2D eigenvalue weighted by molar-refractivity contribution is 14.1. The van der Waals surface area contributed by atoms with E-state index in [1.807, 2.05) is 47.4 Å². The van der Waals surface area contributed by atoms with Crippen LogP contribution in [0.15, 0.2) is 274 Å². The van der Waals surface area contributed by atoms with E-state index in [4.69, 9.17) is 73.1 Å². The Balaban J connectivity index is 0.000000403. The van der Waals surface area contributed by atoms with Crippen molar-refractivity contribution in [1.29, 1.82) is 0 Å². The molecule has 0 radical (unpaired) electrons. The van der Waals surface area contributed by atoms with Crippen LogP contribution in [-0.4, -0.2) is 118 Å². The van der Waals surface area contributed by atoms with Gasteiger partial charge in [0.05, 0.1) is 39.6 Å². The van der Waals surface area contributed by atoms with Crippen molar-refractivity contribution in [1.82, 2.24) is 0 Å². The summed E-state index contributed by atoms with van der Waals surface area (Å²) < 4.78 is 121. The number of phenols is 4. The van der Waals surface area contributed by atoms with Gasteiger partial charge in [-0.25, -0.2) is 45.9 Å². The lowest BCUT2D eigenvalue weighted by Gasteiger charge is -2.13. The van der Waals surface area contributed by atoms with Crippen LogP contribution in [0, 0.1) is 36.2 Å². The average molecular weight is 2350 g/mol. The summed E-state index contributed by atoms with van der Waals surface area (Å²) in [6.07, 6.45) is 0. The molecule has 0 bridgehead atoms. The molecule has 0 aromatic heterocycles. The Labute approximate surface area is 829 Å². The number of aliphatic carboxylic acids is 1. The summed E-state index contributed by atoms with van der Waals surface area (Å²) in [5.41, 5.74) is 9.60. The summed E-state index contributed by atoms with van der Waals surface area (Å²) in [6.45, 7) is 26.6. The number of carboxylic acid groups (broad SMARTS) is 1. The minimum absolute atomic E-state index is 0.0783. The van der Waals surface area contributed by atoms with E-state index in [9.17, 15) is 56.1 Å². The number of methoxy groups -OCH3 is 5. The second-order valence-corrected chi connectivity index (χ2v) is 32.6. The second kappa shape index (κ2) is 60.0. The van der Waals surface area contributed by atoms with E-state index in [2.05, 4.69) is 161 Å². The lowest BCUT2D eigenvalue weighted by molar-refractivity contribution is -0.133. The summed E-state index contributed by atoms with van der Waals surface area (Å²) in [5.74, 6) is -5.77. The molecule has 0 aliphatic rings. The summed E-state index contributed by atoms with van der Waals surface area (Å²) in [4.78, 5) is 58.3. The molecule has 0 amide bonds. The molecule has 0 saturated heterocycles. The van der Waals surface area contributed by atoms with E-state index < -0.39 is 66.1 Å². The standard InChI is InChI=1S/2C22H21FO5.C14H12BrFO2.C14H13FO3.C8H8BrIO.C7H6BrIO.C6H6BFO3.C4H6O2.CH3I/c2*1-13(2)21(24)27-17-7-8-18(19(23)11-17)15-6-9-20(16(10-15)12-26-5)28-22(25)14(3)4;1-18-8-10-6-9(2-5-13(10)15)12-4-3-11(17)7-14(12)16;1-18-8-10-6-9(2-5-14(10)17)12-4-3-11(16)7-13(12)15;1-11-5-6-4-7(10)2-3-8(6)9;8-7-2-1-6(9)3-5(7)4-10;8-6-3-4(9)1-2-5(6)7(10)11;1-3(2)4(5)6;1-2/h2*6-11H,1,3,12H2,2,4-5H3;2-7,17H,8H2,1H3;2-7,16-17H,8H2,1H3;2-4H,5H2,1H3;1-3,10H,4H2;1-3,9-11H;1H2,2H3,(H,5,6);1H3. The lowest BCUT2D eigenvalue weighted by atomic mass is 9.80. The van der Waals surface area contributed by atoms with E-state index in [1.165, 1.54) is 106 Å². The van der Waals surface area contributed by atoms with Gasteiger partial charge in [-0.2, -0.15) is 0 Å². The molecule has 0 aliphatic heterocycles. The molecule has 0 heterocycles. The molecule has 700 valence electrons. The first-order valence-corrected chi connectivity index (χ1v) is 45.1. The van der Waals surface area contributed by atoms with E-state index in [-0.39, 0.29) is 94.3 Å². The maximum atomic E-state index is 14.6. The zero-order valence-corrected chi connectivity index (χ0v) is 84.6. The molecule has 11 rings (SSSR count). The zero-order chi connectivity index (χ0) is 99.3. The smallest absolute Gasteiger partial charge is 0.491 e. The molecule has 0 spiro atoms. The number of aliphatic hydroxyl groups is 1. The first kappa shape index (κ1) is 116. The van der Waals surface area contributed by atoms with Crippen molar-refractivity contribution in [2.45, 2.75) is 74.3 Å². The summed E-state index contributed by atoms with van der Waals surface area (Å²) in [5, 5.41) is 70.5. The van der Waals surface area contributed by atoms with Crippen LogP contribution in [0.4, 0.5) is 22.0 Å². The van der Waals surface area contributed by atoms with Crippen molar-refractivity contribution in [2.24, 2.45) is 0 Å². The molecule has 132 heavy (non-hydrogen) atoms. The van der Waals surface area contributed by atoms with E-state index in [1.54, 1.807) is 82.7 Å². The van der Waals surface area contributed by atoms with Gasteiger partial charge in [0.1, 0.15) is 75.1 Å². The maximum absolute atomic E-state index is 14.6. The topological polar surface area (TPSA) is 330 Å². The number of rotatable bonds is 25. The number of alkyl halides is 1. The molecule has 34 heteroatoms. The van der Waals surface area contributed by atoms with Crippen molar-refractivity contribution < 1.29 is 129 Å². The van der Waals surface area contributed by atoms with Crippen LogP contribution >= 0.6 is 116 Å². The molecule has 0 saturated carbocycles. The van der Waals surface area contributed by atoms with Crippen LogP contribution in [0.3, 0.4) is 0 Å². The van der Waals surface area contributed by atoms with Crippen molar-refractivity contribution in [2.75, 3.05) is 40.5 Å². The molecular formula is C98H96BBr3F5I3O22. The lowest BCUT2D eigenvalue weighted by Crippen LogP contribution is -2.32. The van der Waals surface area contributed by atoms with Gasteiger partial charge in [-0.1, -0.05) is 134 Å². The van der Waals surface area contributed by atoms with Crippen LogP contribution in [-0.2, 0) is 87.3 Å². The number of halogens is 11. The molecule has 0 fully saturated rings. The van der Waals surface area contributed by atoms with Crippen LogP contribution in [0.25, 0.3) is 44.5 Å². The first-order valence-electron chi connectivity index (χ1n) is 38.4. The largest absolute Gasteiger partial charge is 0.508 e. The van der Waals surface area contributed by atoms with E-state index in [0.717, 1.165) is 70.1 Å². The molecule has 11 aromatic rings. The summed E-state index contributed by atoms with van der Waals surface area (Å²) in [6, 6.07) is 51.5. The fourth-order valence-electron chi connectivity index (χ4n) is 10.3. The molecule has 0 atom stereocenters. The molecule has 8 N–H and O–H groups in total. The van der Waals surface area contributed by atoms with Gasteiger partial charge in [0.25, 0.3) is 0 Å². The second-order valence-electron chi connectivity index (χ2n) is 27.5. The number of benzene rings is 11. The van der Waals surface area contributed by atoms with Crippen molar-refractivity contribution in [3.05, 3.63) is 344 Å². The number of carboxylic acids is 1. The Morgan fingerprint density at radius 1 is 0.348 bits per heavy atom. The third-order valence-electron chi connectivity index (χ3n) is 16.8. The highest BCUT2D eigenvalue weighted by atomic mass is 127. The number of esters is 4. The van der Waals surface area contributed by atoms with Crippen LogP contribution in [0.5, 0.6) is 46.0 Å². The fourth-order valence-corrected chi connectivity index (χ4v) is 12.5. The van der Waals surface area contributed by atoms with Gasteiger partial charge < -0.3 is 83.3 Å². The summed E-state index contributed by atoms with van der Waals surface area (Å²) >= 11 is 16.8. The summed E-state index contributed by atoms with van der Waals surface area (Å²) in [7, 11) is 6.00. The highest BCUT2D eigenvalue weighted by Gasteiger charge is 2.21. The Bertz CT molecular complexity index is 5570. The SMILES string of the molecule is C=C(C)C(=O)O.C=C(C)C(=O)Oc1ccc(-c2ccc(OC(=O)C(=C)C)c(COC)c2)c(F)c1.C=C(C)C(=O)Oc1ccc(-c2ccc(OC(=O)C(=C)C)c(COC)c2)c(F)c1.CI.COCc1cc(-c2ccc(O)cc2F)ccc1Br.COCc1cc(-c2ccc(O)cc2F)ccc1O.COCc1cc(I)ccc1Br.OB(O)c1ccc(O)cc1F.OCc1cc(I)ccc1Br. The first-order chi connectivity index (χ1) is 62.4. The van der Waals surface area contributed by atoms with Crippen molar-refractivity contribution in [3.63, 3.8) is 0 Å². The highest BCUT2D eigenvalue weighted by Crippen LogP contribution is 2.36.